The number of aromatic amines is 1. The number of benzene rings is 2. The number of halogens is 2. The Morgan fingerprint density at radius 1 is 1.00 bits per heavy atom. The van der Waals surface area contributed by atoms with E-state index in [1.54, 1.807) is 18.3 Å². The summed E-state index contributed by atoms with van der Waals surface area (Å²) in [5.74, 6) is -0.754. The average Bonchev–Trinajstić information content (AvgIpc) is 2.94. The van der Waals surface area contributed by atoms with E-state index in [-0.39, 0.29) is 5.69 Å². The summed E-state index contributed by atoms with van der Waals surface area (Å²) in [6, 6.07) is 10.0. The number of hydrogen-bond acceptors (Lipinski definition) is 4. The summed E-state index contributed by atoms with van der Waals surface area (Å²) in [4.78, 5) is 24.8. The Morgan fingerprint density at radius 2 is 1.68 bits per heavy atom. The first-order valence-electron chi connectivity index (χ1n) is 7.19. The summed E-state index contributed by atoms with van der Waals surface area (Å²) >= 11 is 6.69. The molecule has 25 heavy (non-hydrogen) atoms. The van der Waals surface area contributed by atoms with Crippen LogP contribution in [0, 0.1) is 20.2 Å². The van der Waals surface area contributed by atoms with E-state index in [0.717, 1.165) is 15.4 Å². The van der Waals surface area contributed by atoms with Crippen LogP contribution in [-0.2, 0) is 0 Å². The predicted molar refractivity (Wildman–Crippen MR) is 100 cm³/mol. The van der Waals surface area contributed by atoms with Gasteiger partial charge < -0.3 is 4.98 Å². The molecule has 1 N–H and O–H groups in total. The van der Waals surface area contributed by atoms with Crippen molar-refractivity contribution in [2.24, 2.45) is 0 Å². The summed E-state index contributed by atoms with van der Waals surface area (Å²) in [6.07, 6.45) is 1.68. The van der Waals surface area contributed by atoms with Crippen molar-refractivity contribution in [1.29, 1.82) is 0 Å². The van der Waals surface area contributed by atoms with Gasteiger partial charge in [-0.1, -0.05) is 31.9 Å². The molecular weight excluding hydrogens is 458 g/mol. The fourth-order valence-electron chi connectivity index (χ4n) is 2.89. The van der Waals surface area contributed by atoms with Gasteiger partial charge in [0, 0.05) is 42.6 Å². The van der Waals surface area contributed by atoms with Crippen molar-refractivity contribution < 1.29 is 9.85 Å². The van der Waals surface area contributed by atoms with Crippen molar-refractivity contribution in [3.63, 3.8) is 0 Å². The summed E-state index contributed by atoms with van der Waals surface area (Å²) in [5.41, 5.74) is 1.62. The molecule has 0 aliphatic heterocycles. The quantitative estimate of drug-likeness (QED) is 0.419. The number of nitro benzene ring substituents is 1. The first kappa shape index (κ1) is 17.6. The molecule has 0 saturated carbocycles. The van der Waals surface area contributed by atoms with Gasteiger partial charge in [0.25, 0.3) is 5.69 Å². The zero-order valence-electron chi connectivity index (χ0n) is 12.6. The summed E-state index contributed by atoms with van der Waals surface area (Å²) in [5, 5.41) is 23.5. The Bertz CT molecular complexity index is 987. The Labute approximate surface area is 158 Å². The molecule has 0 aliphatic rings. The number of nitro groups is 2. The van der Waals surface area contributed by atoms with E-state index in [0.29, 0.717) is 15.6 Å². The van der Waals surface area contributed by atoms with Gasteiger partial charge in [-0.25, -0.2) is 0 Å². The zero-order chi connectivity index (χ0) is 18.1. The van der Waals surface area contributed by atoms with E-state index in [1.165, 1.54) is 6.07 Å². The molecule has 1 aromatic heterocycles. The van der Waals surface area contributed by atoms with Crippen LogP contribution in [0.4, 0.5) is 5.69 Å². The van der Waals surface area contributed by atoms with Gasteiger partial charge in [-0.05, 0) is 35.9 Å². The third-order valence-corrected chi connectivity index (χ3v) is 4.93. The minimum atomic E-state index is -0.754. The number of H-pyrrole nitrogens is 1. The lowest BCUT2D eigenvalue weighted by Gasteiger charge is -2.14. The SMILES string of the molecule is O=[N+]([O-])CC(c1cc(Br)ccc1[N+](=O)[O-])c1c[nH]c2ccc(Br)cc12. The average molecular weight is 469 g/mol. The highest BCUT2D eigenvalue weighted by atomic mass is 79.9. The molecule has 0 bridgehead atoms. The number of fused-ring (bicyclic) bond motifs is 1. The van der Waals surface area contributed by atoms with Crippen molar-refractivity contribution in [2.45, 2.75) is 5.92 Å². The van der Waals surface area contributed by atoms with Crippen LogP contribution >= 0.6 is 31.9 Å². The van der Waals surface area contributed by atoms with E-state index >= 15 is 0 Å². The monoisotopic (exact) mass is 467 g/mol. The van der Waals surface area contributed by atoms with Crippen molar-refractivity contribution >= 4 is 48.5 Å². The molecule has 0 saturated heterocycles. The standard InChI is InChI=1S/C16H11Br2N3O4/c17-9-1-3-15-11(5-9)13(7-19-15)14(8-20(22)23)12-6-10(18)2-4-16(12)21(24)25/h1-7,14,19H,8H2. The van der Waals surface area contributed by atoms with Crippen molar-refractivity contribution in [2.75, 3.05) is 6.54 Å². The molecule has 0 amide bonds. The number of nitrogens with one attached hydrogen (secondary N) is 1. The Morgan fingerprint density at radius 3 is 2.36 bits per heavy atom. The molecule has 7 nitrogen and oxygen atoms in total. The molecule has 9 heteroatoms. The fraction of sp³-hybridized carbons (Fsp3) is 0.125. The summed E-state index contributed by atoms with van der Waals surface area (Å²) in [7, 11) is 0. The molecule has 1 heterocycles. The normalized spacial score (nSPS) is 12.2. The second kappa shape index (κ2) is 6.93. The van der Waals surface area contributed by atoms with E-state index in [9.17, 15) is 20.2 Å². The van der Waals surface area contributed by atoms with Gasteiger partial charge in [0.2, 0.25) is 6.54 Å². The van der Waals surface area contributed by atoms with Crippen LogP contribution in [0.15, 0.2) is 51.5 Å². The number of rotatable bonds is 5. The topological polar surface area (TPSA) is 102 Å². The maximum atomic E-state index is 11.4. The Balaban J connectivity index is 2.25. The Hall–Kier alpha value is -2.26. The van der Waals surface area contributed by atoms with Crippen molar-refractivity contribution in [3.05, 3.63) is 82.9 Å². The minimum Gasteiger partial charge on any atom is -0.361 e. The van der Waals surface area contributed by atoms with Crippen molar-refractivity contribution in [3.8, 4) is 0 Å². The molecule has 0 aliphatic carbocycles. The molecular formula is C16H11Br2N3O4. The molecule has 0 spiro atoms. The number of hydrogen-bond donors (Lipinski definition) is 1. The van der Waals surface area contributed by atoms with E-state index in [2.05, 4.69) is 36.8 Å². The van der Waals surface area contributed by atoms with Gasteiger partial charge >= 0.3 is 0 Å². The van der Waals surface area contributed by atoms with Crippen LogP contribution in [0.25, 0.3) is 10.9 Å². The largest absolute Gasteiger partial charge is 0.361 e. The van der Waals surface area contributed by atoms with E-state index < -0.39 is 22.3 Å². The van der Waals surface area contributed by atoms with Gasteiger partial charge in [0.1, 0.15) is 0 Å². The molecule has 3 rings (SSSR count). The lowest BCUT2D eigenvalue weighted by atomic mass is 9.90. The third kappa shape index (κ3) is 3.57. The fourth-order valence-corrected chi connectivity index (χ4v) is 3.63. The molecule has 128 valence electrons. The van der Waals surface area contributed by atoms with Gasteiger partial charge in [-0.2, -0.15) is 0 Å². The second-order valence-electron chi connectivity index (χ2n) is 5.46. The minimum absolute atomic E-state index is 0.139. The van der Waals surface area contributed by atoms with Crippen LogP contribution in [0.3, 0.4) is 0 Å². The van der Waals surface area contributed by atoms with Crippen LogP contribution < -0.4 is 0 Å². The van der Waals surface area contributed by atoms with E-state index in [1.807, 2.05) is 18.2 Å². The molecule has 1 unspecified atom stereocenters. The molecule has 0 radical (unpaired) electrons. The second-order valence-corrected chi connectivity index (χ2v) is 7.29. The third-order valence-electron chi connectivity index (χ3n) is 3.94. The maximum Gasteiger partial charge on any atom is 0.273 e. The van der Waals surface area contributed by atoms with Crippen LogP contribution in [-0.4, -0.2) is 21.4 Å². The van der Waals surface area contributed by atoms with Crippen LogP contribution in [0.1, 0.15) is 17.0 Å². The molecule has 3 aromatic rings. The maximum absolute atomic E-state index is 11.4. The van der Waals surface area contributed by atoms with Gasteiger partial charge in [-0.3, -0.25) is 20.2 Å². The predicted octanol–water partition coefficient (Wildman–Crippen LogP) is 5.01. The lowest BCUT2D eigenvalue weighted by molar-refractivity contribution is -0.482. The van der Waals surface area contributed by atoms with Crippen molar-refractivity contribution in [1.82, 2.24) is 4.98 Å². The first-order chi connectivity index (χ1) is 11.9. The summed E-state index contributed by atoms with van der Waals surface area (Å²) < 4.78 is 1.45. The van der Waals surface area contributed by atoms with Crippen LogP contribution in [0.5, 0.6) is 0 Å². The molecule has 0 fully saturated rings. The number of nitrogens with zero attached hydrogens (tertiary/aromatic N) is 2. The highest BCUT2D eigenvalue weighted by molar-refractivity contribution is 9.10. The van der Waals surface area contributed by atoms with Gasteiger partial charge in [0.15, 0.2) is 0 Å². The molecule has 1 atom stereocenters. The summed E-state index contributed by atoms with van der Waals surface area (Å²) in [6.45, 7) is -0.448. The highest BCUT2D eigenvalue weighted by Crippen LogP contribution is 2.37. The van der Waals surface area contributed by atoms with E-state index in [4.69, 9.17) is 0 Å². The van der Waals surface area contributed by atoms with Crippen LogP contribution in [0.2, 0.25) is 0 Å². The van der Waals surface area contributed by atoms with Gasteiger partial charge in [-0.15, -0.1) is 0 Å². The zero-order valence-corrected chi connectivity index (χ0v) is 15.8. The Kier molecular flexibility index (Phi) is 4.87. The smallest absolute Gasteiger partial charge is 0.273 e. The van der Waals surface area contributed by atoms with Gasteiger partial charge in [0.05, 0.1) is 10.8 Å². The highest BCUT2D eigenvalue weighted by Gasteiger charge is 2.30. The first-order valence-corrected chi connectivity index (χ1v) is 8.77. The lowest BCUT2D eigenvalue weighted by Crippen LogP contribution is -2.15. The number of aromatic nitrogens is 1. The molecule has 2 aromatic carbocycles.